The third-order valence-corrected chi connectivity index (χ3v) is 6.15. The van der Waals surface area contributed by atoms with Crippen molar-refractivity contribution in [2.75, 3.05) is 39.2 Å². The Morgan fingerprint density at radius 2 is 2.00 bits per heavy atom. The smallest absolute Gasteiger partial charge is 0.230 e. The molecule has 1 amide bonds. The van der Waals surface area contributed by atoms with Crippen LogP contribution in [0.3, 0.4) is 0 Å². The fourth-order valence-corrected chi connectivity index (χ4v) is 4.34. The summed E-state index contributed by atoms with van der Waals surface area (Å²) in [5.41, 5.74) is 3.24. The van der Waals surface area contributed by atoms with Crippen LogP contribution in [0.2, 0.25) is 0 Å². The average molecular weight is 469 g/mol. The van der Waals surface area contributed by atoms with Gasteiger partial charge in [0.1, 0.15) is 13.2 Å². The molecule has 1 N–H and O–H groups in total. The molecule has 8 nitrogen and oxygen atoms in total. The number of hydrogen-bond acceptors (Lipinski definition) is 7. The van der Waals surface area contributed by atoms with E-state index in [-0.39, 0.29) is 11.7 Å². The van der Waals surface area contributed by atoms with Crippen LogP contribution in [-0.4, -0.2) is 59.9 Å². The van der Waals surface area contributed by atoms with Crippen molar-refractivity contribution >= 4 is 17.7 Å². The maximum atomic E-state index is 12.4. The largest absolute Gasteiger partial charge is 0.486 e. The maximum Gasteiger partial charge on any atom is 0.230 e. The molecule has 0 atom stereocenters. The lowest BCUT2D eigenvalue weighted by Crippen LogP contribution is -2.27. The van der Waals surface area contributed by atoms with Gasteiger partial charge < -0.3 is 19.5 Å². The molecule has 1 aromatic heterocycles. The van der Waals surface area contributed by atoms with Crippen molar-refractivity contribution in [2.24, 2.45) is 0 Å². The minimum absolute atomic E-state index is 0.0454. The van der Waals surface area contributed by atoms with Crippen LogP contribution in [0.5, 0.6) is 11.5 Å². The van der Waals surface area contributed by atoms with Gasteiger partial charge in [0.2, 0.25) is 5.91 Å². The van der Waals surface area contributed by atoms with Gasteiger partial charge in [0.05, 0.1) is 18.9 Å². The molecule has 0 fully saturated rings. The lowest BCUT2D eigenvalue weighted by Gasteiger charge is -2.18. The number of rotatable bonds is 10. The molecule has 2 aromatic carbocycles. The minimum Gasteiger partial charge on any atom is -0.486 e. The van der Waals surface area contributed by atoms with Crippen molar-refractivity contribution in [3.05, 3.63) is 53.6 Å². The first-order valence-corrected chi connectivity index (χ1v) is 11.9. The molecule has 1 aliphatic heterocycles. The molecule has 0 bridgehead atoms. The van der Waals surface area contributed by atoms with Gasteiger partial charge in [0, 0.05) is 19.2 Å². The van der Waals surface area contributed by atoms with Gasteiger partial charge in [-0.05, 0) is 37.1 Å². The van der Waals surface area contributed by atoms with Crippen molar-refractivity contribution in [3.63, 3.8) is 0 Å². The summed E-state index contributed by atoms with van der Waals surface area (Å²) >= 11 is 1.38. The van der Waals surface area contributed by atoms with Crippen LogP contribution in [0.4, 0.5) is 0 Å². The number of aromatic nitrogens is 3. The van der Waals surface area contributed by atoms with E-state index in [9.17, 15) is 4.79 Å². The van der Waals surface area contributed by atoms with Gasteiger partial charge in [-0.15, -0.1) is 10.2 Å². The highest BCUT2D eigenvalue weighted by molar-refractivity contribution is 7.99. The first kappa shape index (κ1) is 23.1. The van der Waals surface area contributed by atoms with Crippen molar-refractivity contribution in [1.82, 2.24) is 20.1 Å². The van der Waals surface area contributed by atoms with Crippen molar-refractivity contribution < 1.29 is 19.0 Å². The summed E-state index contributed by atoms with van der Waals surface area (Å²) in [5, 5.41) is 12.4. The van der Waals surface area contributed by atoms with E-state index in [2.05, 4.69) is 21.6 Å². The molecule has 0 saturated carbocycles. The summed E-state index contributed by atoms with van der Waals surface area (Å²) in [6, 6.07) is 14.0. The number of methoxy groups -OCH3 is 1. The van der Waals surface area contributed by atoms with E-state index in [1.807, 2.05) is 47.9 Å². The Morgan fingerprint density at radius 3 is 2.82 bits per heavy atom. The SMILES string of the molecule is COCCn1c(SCC(=O)NCCc2ccc3c(c2)OCCO3)nnc1-c1cccc(C)c1. The fraction of sp³-hybridized carbons (Fsp3) is 0.375. The zero-order valence-corrected chi connectivity index (χ0v) is 19.7. The number of nitrogens with one attached hydrogen (secondary N) is 1. The second kappa shape index (κ2) is 11.2. The molecule has 1 aliphatic rings. The number of carbonyl (C=O) groups excluding carboxylic acids is 1. The molecular weight excluding hydrogens is 440 g/mol. The predicted molar refractivity (Wildman–Crippen MR) is 127 cm³/mol. The normalized spacial score (nSPS) is 12.5. The summed E-state index contributed by atoms with van der Waals surface area (Å²) in [5.74, 6) is 2.53. The van der Waals surface area contributed by atoms with Crippen LogP contribution in [0.15, 0.2) is 47.6 Å². The van der Waals surface area contributed by atoms with Gasteiger partial charge in [-0.2, -0.15) is 0 Å². The molecule has 0 saturated heterocycles. The minimum atomic E-state index is -0.0454. The molecule has 0 unspecified atom stereocenters. The lowest BCUT2D eigenvalue weighted by molar-refractivity contribution is -0.118. The highest BCUT2D eigenvalue weighted by Crippen LogP contribution is 2.30. The number of ether oxygens (including phenoxy) is 3. The van der Waals surface area contributed by atoms with Gasteiger partial charge in [-0.1, -0.05) is 41.6 Å². The second-order valence-electron chi connectivity index (χ2n) is 7.69. The van der Waals surface area contributed by atoms with Crippen LogP contribution < -0.4 is 14.8 Å². The van der Waals surface area contributed by atoms with E-state index in [1.54, 1.807) is 7.11 Å². The van der Waals surface area contributed by atoms with Crippen LogP contribution in [0.1, 0.15) is 11.1 Å². The summed E-state index contributed by atoms with van der Waals surface area (Å²) < 4.78 is 18.4. The zero-order valence-electron chi connectivity index (χ0n) is 18.9. The molecule has 9 heteroatoms. The van der Waals surface area contributed by atoms with Crippen molar-refractivity contribution in [3.8, 4) is 22.9 Å². The predicted octanol–water partition coefficient (Wildman–Crippen LogP) is 3.12. The molecule has 33 heavy (non-hydrogen) atoms. The number of fused-ring (bicyclic) bond motifs is 1. The lowest BCUT2D eigenvalue weighted by atomic mass is 10.1. The van der Waals surface area contributed by atoms with Gasteiger partial charge in [0.25, 0.3) is 0 Å². The number of thioether (sulfide) groups is 1. The van der Waals surface area contributed by atoms with E-state index >= 15 is 0 Å². The average Bonchev–Trinajstić information content (AvgIpc) is 3.24. The quantitative estimate of drug-likeness (QED) is 0.458. The first-order valence-electron chi connectivity index (χ1n) is 10.9. The van der Waals surface area contributed by atoms with E-state index in [0.717, 1.165) is 34.0 Å². The summed E-state index contributed by atoms with van der Waals surface area (Å²) in [4.78, 5) is 12.4. The number of amides is 1. The zero-order chi connectivity index (χ0) is 23.0. The van der Waals surface area contributed by atoms with Crippen molar-refractivity contribution in [2.45, 2.75) is 25.0 Å². The topological polar surface area (TPSA) is 87.5 Å². The van der Waals surface area contributed by atoms with E-state index in [0.29, 0.717) is 44.5 Å². The highest BCUT2D eigenvalue weighted by Gasteiger charge is 2.16. The molecule has 0 radical (unpaired) electrons. The van der Waals surface area contributed by atoms with Crippen LogP contribution in [0, 0.1) is 6.92 Å². The van der Waals surface area contributed by atoms with Crippen LogP contribution in [-0.2, 0) is 22.5 Å². The molecule has 0 aliphatic carbocycles. The van der Waals surface area contributed by atoms with Gasteiger partial charge in [-0.25, -0.2) is 0 Å². The molecule has 174 valence electrons. The highest BCUT2D eigenvalue weighted by atomic mass is 32.2. The Bertz CT molecular complexity index is 1100. The Kier molecular flexibility index (Phi) is 7.85. The standard InChI is InChI=1S/C24H28N4O4S/c1-17-4-3-5-19(14-17)23-26-27-24(28(23)10-11-30-2)33-16-22(29)25-9-8-18-6-7-20-21(15-18)32-13-12-31-20/h3-7,14-15H,8-13,16H2,1-2H3,(H,25,29). The second-order valence-corrected chi connectivity index (χ2v) is 8.63. The number of benzene rings is 2. The van der Waals surface area contributed by atoms with Gasteiger partial charge >= 0.3 is 0 Å². The van der Waals surface area contributed by atoms with Crippen LogP contribution in [0.25, 0.3) is 11.4 Å². The van der Waals surface area contributed by atoms with E-state index in [1.165, 1.54) is 11.8 Å². The van der Waals surface area contributed by atoms with Gasteiger partial charge in [-0.3, -0.25) is 9.36 Å². The summed E-state index contributed by atoms with van der Waals surface area (Å²) in [6.45, 7) is 4.87. The van der Waals surface area contributed by atoms with E-state index in [4.69, 9.17) is 14.2 Å². The molecule has 0 spiro atoms. The van der Waals surface area contributed by atoms with Crippen LogP contribution >= 0.6 is 11.8 Å². The molecule has 2 heterocycles. The Balaban J connectivity index is 1.32. The molecular formula is C24H28N4O4S. The first-order chi connectivity index (χ1) is 16.1. The third kappa shape index (κ3) is 6.06. The van der Waals surface area contributed by atoms with Gasteiger partial charge in [0.15, 0.2) is 22.5 Å². The number of hydrogen-bond donors (Lipinski definition) is 1. The summed E-state index contributed by atoms with van der Waals surface area (Å²) in [7, 11) is 1.67. The Labute approximate surface area is 197 Å². The summed E-state index contributed by atoms with van der Waals surface area (Å²) in [6.07, 6.45) is 0.717. The number of aryl methyl sites for hydroxylation is 1. The number of carbonyl (C=O) groups is 1. The van der Waals surface area contributed by atoms with E-state index < -0.39 is 0 Å². The Hall–Kier alpha value is -3.04. The maximum absolute atomic E-state index is 12.4. The third-order valence-electron chi connectivity index (χ3n) is 5.19. The van der Waals surface area contributed by atoms with Crippen molar-refractivity contribution in [1.29, 1.82) is 0 Å². The molecule has 4 rings (SSSR count). The monoisotopic (exact) mass is 468 g/mol. The molecule has 3 aromatic rings. The number of nitrogens with zero attached hydrogens (tertiary/aromatic N) is 3. The fourth-order valence-electron chi connectivity index (χ4n) is 3.55. The Morgan fingerprint density at radius 1 is 1.15 bits per heavy atom.